The molecule has 0 radical (unpaired) electrons. The molecule has 100 valence electrons. The normalized spacial score (nSPS) is 11.5. The number of benzene rings is 1. The summed E-state index contributed by atoms with van der Waals surface area (Å²) in [6, 6.07) is 8.10. The van der Waals surface area contributed by atoms with Gasteiger partial charge < -0.3 is 9.15 Å². The number of aryl methyl sites for hydroxylation is 1. The molecule has 20 heavy (non-hydrogen) atoms. The smallest absolute Gasteiger partial charge is 0.294 e. The van der Waals surface area contributed by atoms with Gasteiger partial charge in [0.1, 0.15) is 11.3 Å². The summed E-state index contributed by atoms with van der Waals surface area (Å²) in [5.41, 5.74) is 2.81. The second kappa shape index (κ2) is 4.08. The van der Waals surface area contributed by atoms with Gasteiger partial charge in [-0.25, -0.2) is 9.50 Å². The van der Waals surface area contributed by atoms with Gasteiger partial charge in [0.15, 0.2) is 5.76 Å². The van der Waals surface area contributed by atoms with Gasteiger partial charge in [0, 0.05) is 5.39 Å². The highest BCUT2D eigenvalue weighted by Crippen LogP contribution is 2.30. The van der Waals surface area contributed by atoms with Crippen LogP contribution in [0.3, 0.4) is 0 Å². The molecular formula is C14H11N3O2S. The number of imidazole rings is 1. The van der Waals surface area contributed by atoms with Crippen LogP contribution in [0, 0.1) is 6.92 Å². The van der Waals surface area contributed by atoms with Gasteiger partial charge in [-0.2, -0.15) is 0 Å². The van der Waals surface area contributed by atoms with Gasteiger partial charge in [-0.1, -0.05) is 18.2 Å². The first-order valence-corrected chi connectivity index (χ1v) is 6.96. The van der Waals surface area contributed by atoms with E-state index in [9.17, 15) is 0 Å². The summed E-state index contributed by atoms with van der Waals surface area (Å²) in [6.45, 7) is 2.04. The SMILES string of the molecule is COc1nn2cc(-c3cc4cccc(C)c4o3)nc2s1. The van der Waals surface area contributed by atoms with E-state index >= 15 is 0 Å². The van der Waals surface area contributed by atoms with Gasteiger partial charge in [-0.3, -0.25) is 0 Å². The fraction of sp³-hybridized carbons (Fsp3) is 0.143. The van der Waals surface area contributed by atoms with Crippen molar-refractivity contribution in [3.63, 3.8) is 0 Å². The molecule has 0 aliphatic rings. The van der Waals surface area contributed by atoms with Crippen LogP contribution in [0.15, 0.2) is 34.9 Å². The Morgan fingerprint density at radius 1 is 1.35 bits per heavy atom. The van der Waals surface area contributed by atoms with Crippen molar-refractivity contribution in [1.29, 1.82) is 0 Å². The molecule has 0 spiro atoms. The van der Waals surface area contributed by atoms with E-state index in [-0.39, 0.29) is 0 Å². The Balaban J connectivity index is 1.87. The molecule has 1 aromatic carbocycles. The van der Waals surface area contributed by atoms with Crippen LogP contribution in [-0.4, -0.2) is 21.7 Å². The van der Waals surface area contributed by atoms with Gasteiger partial charge >= 0.3 is 0 Å². The highest BCUT2D eigenvalue weighted by Gasteiger charge is 2.14. The Kier molecular flexibility index (Phi) is 2.34. The van der Waals surface area contributed by atoms with Crippen molar-refractivity contribution in [3.8, 4) is 16.6 Å². The molecule has 0 unspecified atom stereocenters. The second-order valence-electron chi connectivity index (χ2n) is 4.53. The highest BCUT2D eigenvalue weighted by molar-refractivity contribution is 7.18. The van der Waals surface area contributed by atoms with Crippen LogP contribution in [0.25, 0.3) is 27.4 Å². The predicted molar refractivity (Wildman–Crippen MR) is 77.4 cm³/mol. The highest BCUT2D eigenvalue weighted by atomic mass is 32.1. The Morgan fingerprint density at radius 3 is 3.00 bits per heavy atom. The molecule has 0 N–H and O–H groups in total. The summed E-state index contributed by atoms with van der Waals surface area (Å²) in [6.07, 6.45) is 1.85. The van der Waals surface area contributed by atoms with Gasteiger partial charge in [-0.15, -0.1) is 5.10 Å². The summed E-state index contributed by atoms with van der Waals surface area (Å²) >= 11 is 1.40. The largest absolute Gasteiger partial charge is 0.472 e. The molecule has 4 rings (SSSR count). The first-order valence-electron chi connectivity index (χ1n) is 6.14. The van der Waals surface area contributed by atoms with Gasteiger partial charge in [0.25, 0.3) is 5.19 Å². The van der Waals surface area contributed by atoms with E-state index in [0.29, 0.717) is 5.19 Å². The molecule has 3 aromatic heterocycles. The van der Waals surface area contributed by atoms with E-state index in [0.717, 1.165) is 32.9 Å². The fourth-order valence-electron chi connectivity index (χ4n) is 2.22. The van der Waals surface area contributed by atoms with E-state index in [1.807, 2.05) is 37.4 Å². The molecular weight excluding hydrogens is 274 g/mol. The molecule has 0 amide bonds. The maximum absolute atomic E-state index is 5.91. The lowest BCUT2D eigenvalue weighted by Gasteiger charge is -1.92. The van der Waals surface area contributed by atoms with Crippen molar-refractivity contribution >= 4 is 27.3 Å². The monoisotopic (exact) mass is 285 g/mol. The molecule has 6 heteroatoms. The van der Waals surface area contributed by atoms with Crippen LogP contribution in [0.1, 0.15) is 5.56 Å². The maximum atomic E-state index is 5.91. The van der Waals surface area contributed by atoms with Crippen molar-refractivity contribution in [2.45, 2.75) is 6.92 Å². The molecule has 0 saturated carbocycles. The fourth-order valence-corrected chi connectivity index (χ4v) is 2.92. The van der Waals surface area contributed by atoms with Crippen molar-refractivity contribution in [2.24, 2.45) is 0 Å². The Hall–Kier alpha value is -2.34. The van der Waals surface area contributed by atoms with Crippen LogP contribution >= 0.6 is 11.3 Å². The molecule has 4 aromatic rings. The van der Waals surface area contributed by atoms with Crippen molar-refractivity contribution < 1.29 is 9.15 Å². The van der Waals surface area contributed by atoms with Crippen molar-refractivity contribution in [2.75, 3.05) is 7.11 Å². The number of methoxy groups -OCH3 is 1. The van der Waals surface area contributed by atoms with E-state index in [2.05, 4.69) is 10.1 Å². The van der Waals surface area contributed by atoms with E-state index in [1.54, 1.807) is 11.6 Å². The van der Waals surface area contributed by atoms with E-state index in [1.165, 1.54) is 11.3 Å². The lowest BCUT2D eigenvalue weighted by atomic mass is 10.2. The summed E-state index contributed by atoms with van der Waals surface area (Å²) in [4.78, 5) is 5.31. The zero-order valence-corrected chi connectivity index (χ0v) is 11.8. The third-order valence-corrected chi connectivity index (χ3v) is 4.08. The van der Waals surface area contributed by atoms with Crippen LogP contribution in [0.4, 0.5) is 0 Å². The third kappa shape index (κ3) is 1.61. The third-order valence-electron chi connectivity index (χ3n) is 3.19. The lowest BCUT2D eigenvalue weighted by Crippen LogP contribution is -1.84. The van der Waals surface area contributed by atoms with E-state index in [4.69, 9.17) is 9.15 Å². The van der Waals surface area contributed by atoms with Crippen LogP contribution in [0.5, 0.6) is 5.19 Å². The molecule has 0 aliphatic carbocycles. The van der Waals surface area contributed by atoms with Gasteiger partial charge in [0.05, 0.1) is 13.3 Å². The lowest BCUT2D eigenvalue weighted by molar-refractivity contribution is 0.405. The summed E-state index contributed by atoms with van der Waals surface area (Å²) in [5.74, 6) is 0.756. The predicted octanol–water partition coefficient (Wildman–Crippen LogP) is 3.52. The number of para-hydroxylation sites is 1. The minimum Gasteiger partial charge on any atom is -0.472 e. The quantitative estimate of drug-likeness (QED) is 0.565. The first kappa shape index (κ1) is 11.5. The topological polar surface area (TPSA) is 52.6 Å². The Morgan fingerprint density at radius 2 is 2.25 bits per heavy atom. The number of nitrogens with zero attached hydrogens (tertiary/aromatic N) is 3. The molecule has 5 nitrogen and oxygen atoms in total. The summed E-state index contributed by atoms with van der Waals surface area (Å²) in [7, 11) is 1.60. The minimum atomic E-state index is 0.597. The molecule has 0 atom stereocenters. The number of ether oxygens (including phenoxy) is 1. The second-order valence-corrected chi connectivity index (χ2v) is 5.45. The molecule has 0 bridgehead atoms. The zero-order chi connectivity index (χ0) is 13.7. The van der Waals surface area contributed by atoms with Gasteiger partial charge in [-0.05, 0) is 29.9 Å². The van der Waals surface area contributed by atoms with Crippen molar-refractivity contribution in [1.82, 2.24) is 14.6 Å². The average molecular weight is 285 g/mol. The molecule has 0 aliphatic heterocycles. The van der Waals surface area contributed by atoms with Gasteiger partial charge in [0.2, 0.25) is 4.96 Å². The molecule has 0 saturated heterocycles. The minimum absolute atomic E-state index is 0.597. The summed E-state index contributed by atoms with van der Waals surface area (Å²) in [5, 5.41) is 5.94. The van der Waals surface area contributed by atoms with E-state index < -0.39 is 0 Å². The number of fused-ring (bicyclic) bond motifs is 2. The van der Waals surface area contributed by atoms with Crippen LogP contribution < -0.4 is 4.74 Å². The molecule has 3 heterocycles. The first-order chi connectivity index (χ1) is 9.74. The van der Waals surface area contributed by atoms with Crippen LogP contribution in [0.2, 0.25) is 0 Å². The average Bonchev–Trinajstić information content (AvgIpc) is 3.09. The number of rotatable bonds is 2. The maximum Gasteiger partial charge on any atom is 0.294 e. The summed E-state index contributed by atoms with van der Waals surface area (Å²) < 4.78 is 12.7. The number of aromatic nitrogens is 3. The standard InChI is InChI=1S/C14H11N3O2S/c1-8-4-3-5-9-6-11(19-12(8)9)10-7-17-13(15-10)20-14(16-17)18-2/h3-7H,1-2H3. The Labute approximate surface area is 118 Å². The Bertz CT molecular complexity index is 888. The molecule has 0 fully saturated rings. The van der Waals surface area contributed by atoms with Crippen molar-refractivity contribution in [3.05, 3.63) is 36.0 Å². The van der Waals surface area contributed by atoms with Crippen LogP contribution in [-0.2, 0) is 0 Å². The number of furan rings is 1. The zero-order valence-electron chi connectivity index (χ0n) is 11.0. The number of hydrogen-bond donors (Lipinski definition) is 0. The number of hydrogen-bond acceptors (Lipinski definition) is 5.